The fraction of sp³-hybridized carbons (Fsp3) is 0.308. The van der Waals surface area contributed by atoms with Gasteiger partial charge in [0.2, 0.25) is 5.91 Å². The zero-order chi connectivity index (χ0) is 15.0. The number of carboxylic acid groups (broad SMARTS) is 1. The molecule has 0 saturated carbocycles. The van der Waals surface area contributed by atoms with Gasteiger partial charge in [-0.2, -0.15) is 0 Å². The molecule has 0 heterocycles. The molecule has 0 aromatic heterocycles. The SMILES string of the molecule is CC(=O)Nc1ccc(C(=O)NCCOCC(=O)O)cc1. The highest BCUT2D eigenvalue weighted by Gasteiger charge is 2.05. The van der Waals surface area contributed by atoms with E-state index in [2.05, 4.69) is 10.6 Å². The summed E-state index contributed by atoms with van der Waals surface area (Å²) in [6.45, 7) is 1.36. The second kappa shape index (κ2) is 7.90. The lowest BCUT2D eigenvalue weighted by molar-refractivity contribution is -0.142. The smallest absolute Gasteiger partial charge is 0.329 e. The molecule has 108 valence electrons. The molecule has 2 amide bonds. The van der Waals surface area contributed by atoms with Gasteiger partial charge in [0, 0.05) is 24.7 Å². The lowest BCUT2D eigenvalue weighted by atomic mass is 10.2. The van der Waals surface area contributed by atoms with Crippen LogP contribution in [0.15, 0.2) is 24.3 Å². The van der Waals surface area contributed by atoms with Crippen LogP contribution in [0.25, 0.3) is 0 Å². The zero-order valence-electron chi connectivity index (χ0n) is 11.0. The summed E-state index contributed by atoms with van der Waals surface area (Å²) in [6, 6.07) is 6.41. The van der Waals surface area contributed by atoms with Gasteiger partial charge in [0.05, 0.1) is 6.61 Å². The van der Waals surface area contributed by atoms with Crippen molar-refractivity contribution >= 4 is 23.5 Å². The summed E-state index contributed by atoms with van der Waals surface area (Å²) in [5, 5.41) is 13.5. The summed E-state index contributed by atoms with van der Waals surface area (Å²) >= 11 is 0. The largest absolute Gasteiger partial charge is 0.480 e. The van der Waals surface area contributed by atoms with Gasteiger partial charge < -0.3 is 20.5 Å². The average molecular weight is 280 g/mol. The fourth-order valence-corrected chi connectivity index (χ4v) is 1.41. The van der Waals surface area contributed by atoms with Crippen LogP contribution in [-0.4, -0.2) is 42.6 Å². The molecule has 20 heavy (non-hydrogen) atoms. The third-order valence-corrected chi connectivity index (χ3v) is 2.22. The van der Waals surface area contributed by atoms with Crippen molar-refractivity contribution in [2.75, 3.05) is 25.1 Å². The second-order valence-electron chi connectivity index (χ2n) is 3.96. The molecule has 0 radical (unpaired) electrons. The summed E-state index contributed by atoms with van der Waals surface area (Å²) in [5.74, 6) is -1.53. The Balaban J connectivity index is 2.36. The van der Waals surface area contributed by atoms with Crippen LogP contribution in [-0.2, 0) is 14.3 Å². The Morgan fingerprint density at radius 1 is 1.20 bits per heavy atom. The van der Waals surface area contributed by atoms with E-state index in [0.29, 0.717) is 11.3 Å². The van der Waals surface area contributed by atoms with Gasteiger partial charge in [0.1, 0.15) is 6.61 Å². The topological polar surface area (TPSA) is 105 Å². The van der Waals surface area contributed by atoms with Crippen LogP contribution in [0.5, 0.6) is 0 Å². The molecule has 1 aromatic carbocycles. The van der Waals surface area contributed by atoms with Crippen LogP contribution in [0.4, 0.5) is 5.69 Å². The fourth-order valence-electron chi connectivity index (χ4n) is 1.41. The van der Waals surface area contributed by atoms with E-state index >= 15 is 0 Å². The number of hydrogen-bond acceptors (Lipinski definition) is 4. The van der Waals surface area contributed by atoms with Gasteiger partial charge in [0.25, 0.3) is 5.91 Å². The average Bonchev–Trinajstić information content (AvgIpc) is 2.38. The number of anilines is 1. The summed E-state index contributed by atoms with van der Waals surface area (Å²) in [4.78, 5) is 32.7. The number of aliphatic carboxylic acids is 1. The van der Waals surface area contributed by atoms with E-state index in [1.807, 2.05) is 0 Å². The molecule has 0 atom stereocenters. The second-order valence-corrected chi connectivity index (χ2v) is 3.96. The Morgan fingerprint density at radius 2 is 1.85 bits per heavy atom. The van der Waals surface area contributed by atoms with Gasteiger partial charge >= 0.3 is 5.97 Å². The van der Waals surface area contributed by atoms with Crippen LogP contribution in [0.3, 0.4) is 0 Å². The van der Waals surface area contributed by atoms with Crippen molar-refractivity contribution in [3.05, 3.63) is 29.8 Å². The Kier molecular flexibility index (Phi) is 6.18. The quantitative estimate of drug-likeness (QED) is 0.630. The maximum atomic E-state index is 11.7. The minimum absolute atomic E-state index is 0.127. The van der Waals surface area contributed by atoms with Gasteiger partial charge in [-0.25, -0.2) is 4.79 Å². The van der Waals surface area contributed by atoms with Gasteiger partial charge in [-0.1, -0.05) is 0 Å². The molecular formula is C13H16N2O5. The van der Waals surface area contributed by atoms with Crippen LogP contribution in [0.1, 0.15) is 17.3 Å². The maximum absolute atomic E-state index is 11.7. The Labute approximate surface area is 115 Å². The van der Waals surface area contributed by atoms with E-state index in [4.69, 9.17) is 9.84 Å². The molecule has 3 N–H and O–H groups in total. The number of amides is 2. The molecule has 0 saturated heterocycles. The third kappa shape index (κ3) is 5.96. The number of carbonyl (C=O) groups excluding carboxylic acids is 2. The molecule has 0 spiro atoms. The molecule has 7 heteroatoms. The first-order valence-electron chi connectivity index (χ1n) is 5.94. The van der Waals surface area contributed by atoms with Crippen LogP contribution >= 0.6 is 0 Å². The molecule has 0 bridgehead atoms. The van der Waals surface area contributed by atoms with Crippen molar-refractivity contribution in [1.82, 2.24) is 5.32 Å². The number of benzene rings is 1. The number of carboxylic acids is 1. The molecule has 0 aliphatic heterocycles. The summed E-state index contributed by atoms with van der Waals surface area (Å²) < 4.78 is 4.78. The first-order valence-corrected chi connectivity index (χ1v) is 5.94. The van der Waals surface area contributed by atoms with E-state index in [9.17, 15) is 14.4 Å². The monoisotopic (exact) mass is 280 g/mol. The predicted octanol–water partition coefficient (Wildman–Crippen LogP) is 0.476. The third-order valence-electron chi connectivity index (χ3n) is 2.22. The van der Waals surface area contributed by atoms with E-state index in [1.54, 1.807) is 24.3 Å². The Hall–Kier alpha value is -2.41. The van der Waals surface area contributed by atoms with Gasteiger partial charge in [-0.3, -0.25) is 9.59 Å². The van der Waals surface area contributed by atoms with E-state index < -0.39 is 5.97 Å². The van der Waals surface area contributed by atoms with Crippen molar-refractivity contribution in [3.63, 3.8) is 0 Å². The highest BCUT2D eigenvalue weighted by molar-refractivity contribution is 5.95. The summed E-state index contributed by atoms with van der Waals surface area (Å²) in [5.41, 5.74) is 1.05. The Morgan fingerprint density at radius 3 is 2.40 bits per heavy atom. The normalized spacial score (nSPS) is 9.85. The van der Waals surface area contributed by atoms with Crippen LogP contribution in [0, 0.1) is 0 Å². The molecule has 0 aliphatic rings. The standard InChI is InChI=1S/C13H16N2O5/c1-9(16)15-11-4-2-10(3-5-11)13(19)14-6-7-20-8-12(17)18/h2-5H,6-8H2,1H3,(H,14,19)(H,15,16)(H,17,18). The van der Waals surface area contributed by atoms with Gasteiger partial charge in [-0.05, 0) is 24.3 Å². The number of nitrogens with one attached hydrogen (secondary N) is 2. The van der Waals surface area contributed by atoms with Gasteiger partial charge in [0.15, 0.2) is 0 Å². The van der Waals surface area contributed by atoms with Crippen LogP contribution in [0.2, 0.25) is 0 Å². The predicted molar refractivity (Wildman–Crippen MR) is 71.5 cm³/mol. The van der Waals surface area contributed by atoms with Gasteiger partial charge in [-0.15, -0.1) is 0 Å². The van der Waals surface area contributed by atoms with E-state index in [0.717, 1.165) is 0 Å². The van der Waals surface area contributed by atoms with Crippen molar-refractivity contribution < 1.29 is 24.2 Å². The van der Waals surface area contributed by atoms with Crippen molar-refractivity contribution in [2.24, 2.45) is 0 Å². The van der Waals surface area contributed by atoms with Crippen LogP contribution < -0.4 is 10.6 Å². The molecule has 1 aromatic rings. The molecule has 0 aliphatic carbocycles. The first-order chi connectivity index (χ1) is 9.49. The first kappa shape index (κ1) is 15.6. The molecule has 1 rings (SSSR count). The lowest BCUT2D eigenvalue weighted by Gasteiger charge is -2.06. The van der Waals surface area contributed by atoms with E-state index in [-0.39, 0.29) is 31.6 Å². The lowest BCUT2D eigenvalue weighted by Crippen LogP contribution is -2.27. The zero-order valence-corrected chi connectivity index (χ0v) is 11.0. The Bertz CT molecular complexity index is 484. The number of rotatable bonds is 7. The minimum Gasteiger partial charge on any atom is -0.480 e. The van der Waals surface area contributed by atoms with Crippen molar-refractivity contribution in [3.8, 4) is 0 Å². The highest BCUT2D eigenvalue weighted by Crippen LogP contribution is 2.09. The summed E-state index contributed by atoms with van der Waals surface area (Å²) in [7, 11) is 0. The minimum atomic E-state index is -1.05. The molecule has 0 fully saturated rings. The molecular weight excluding hydrogens is 264 g/mol. The summed E-state index contributed by atoms with van der Waals surface area (Å²) in [6.07, 6.45) is 0. The number of ether oxygens (including phenoxy) is 1. The van der Waals surface area contributed by atoms with Crippen molar-refractivity contribution in [1.29, 1.82) is 0 Å². The maximum Gasteiger partial charge on any atom is 0.329 e. The molecule has 7 nitrogen and oxygen atoms in total. The molecule has 0 unspecified atom stereocenters. The highest BCUT2D eigenvalue weighted by atomic mass is 16.5. The number of carbonyl (C=O) groups is 3. The van der Waals surface area contributed by atoms with E-state index in [1.165, 1.54) is 6.92 Å². The number of hydrogen-bond donors (Lipinski definition) is 3. The van der Waals surface area contributed by atoms with Crippen molar-refractivity contribution in [2.45, 2.75) is 6.92 Å².